The van der Waals surface area contributed by atoms with E-state index in [2.05, 4.69) is 10.00 Å². The number of amides is 1. The Bertz CT molecular complexity index is 1170. The first-order valence-electron chi connectivity index (χ1n) is 10.1. The summed E-state index contributed by atoms with van der Waals surface area (Å²) < 4.78 is 12.1. The molecule has 0 bridgehead atoms. The normalized spacial score (nSPS) is 13.7. The molecular formula is C23H23ClN4O4. The van der Waals surface area contributed by atoms with E-state index in [0.29, 0.717) is 59.8 Å². The fourth-order valence-corrected chi connectivity index (χ4v) is 3.83. The number of para-hydroxylation sites is 1. The molecule has 1 saturated heterocycles. The number of benzene rings is 2. The first-order chi connectivity index (χ1) is 15.5. The van der Waals surface area contributed by atoms with Crippen molar-refractivity contribution >= 4 is 23.3 Å². The average molecular weight is 455 g/mol. The number of rotatable bonds is 5. The molecule has 0 aliphatic carbocycles. The molecule has 1 fully saturated rings. The smallest absolute Gasteiger partial charge is 0.271 e. The molecule has 2 heterocycles. The summed E-state index contributed by atoms with van der Waals surface area (Å²) in [6.07, 6.45) is 0. The van der Waals surface area contributed by atoms with Crippen molar-refractivity contribution < 1.29 is 14.3 Å². The first kappa shape index (κ1) is 21.7. The zero-order valence-corrected chi connectivity index (χ0v) is 18.6. The number of carbonyl (C=O) groups is 1. The molecule has 0 N–H and O–H groups in total. The van der Waals surface area contributed by atoms with Crippen LogP contribution in [0.25, 0.3) is 5.69 Å². The second-order valence-electron chi connectivity index (χ2n) is 7.24. The number of piperazine rings is 1. The van der Waals surface area contributed by atoms with Crippen molar-refractivity contribution in [2.75, 3.05) is 45.3 Å². The second kappa shape index (κ2) is 9.32. The van der Waals surface area contributed by atoms with Gasteiger partial charge in [-0.3, -0.25) is 9.59 Å². The first-order valence-corrected chi connectivity index (χ1v) is 10.5. The van der Waals surface area contributed by atoms with Gasteiger partial charge in [0.2, 0.25) is 0 Å². The SMILES string of the molecule is COc1cccc(C(=O)N2CCN(c3ccc(=O)n(-c4ccc(Cl)cc4)n3)CC2)c1OC. The van der Waals surface area contributed by atoms with Gasteiger partial charge in [0.25, 0.3) is 11.5 Å². The van der Waals surface area contributed by atoms with Gasteiger partial charge in [-0.15, -0.1) is 5.10 Å². The van der Waals surface area contributed by atoms with Crippen molar-refractivity contribution in [2.24, 2.45) is 0 Å². The molecule has 0 radical (unpaired) electrons. The lowest BCUT2D eigenvalue weighted by Gasteiger charge is -2.35. The number of hydrogen-bond acceptors (Lipinski definition) is 6. The summed E-state index contributed by atoms with van der Waals surface area (Å²) in [5.74, 6) is 1.51. The predicted octanol–water partition coefficient (Wildman–Crippen LogP) is 2.87. The Morgan fingerprint density at radius 3 is 2.31 bits per heavy atom. The van der Waals surface area contributed by atoms with Gasteiger partial charge >= 0.3 is 0 Å². The van der Waals surface area contributed by atoms with Crippen molar-refractivity contribution in [3.63, 3.8) is 0 Å². The molecule has 0 atom stereocenters. The zero-order chi connectivity index (χ0) is 22.7. The van der Waals surface area contributed by atoms with Gasteiger partial charge in [-0.05, 0) is 42.5 Å². The summed E-state index contributed by atoms with van der Waals surface area (Å²) in [5, 5.41) is 5.11. The maximum absolute atomic E-state index is 13.1. The van der Waals surface area contributed by atoms with E-state index < -0.39 is 0 Å². The molecule has 1 aliphatic heterocycles. The molecule has 0 spiro atoms. The van der Waals surface area contributed by atoms with Crippen molar-refractivity contribution in [3.8, 4) is 17.2 Å². The van der Waals surface area contributed by atoms with Crippen LogP contribution in [-0.2, 0) is 0 Å². The van der Waals surface area contributed by atoms with Crippen LogP contribution in [-0.4, -0.2) is 61.0 Å². The Balaban J connectivity index is 1.50. The van der Waals surface area contributed by atoms with Crippen LogP contribution in [0, 0.1) is 0 Å². The summed E-state index contributed by atoms with van der Waals surface area (Å²) in [7, 11) is 3.06. The van der Waals surface area contributed by atoms with Gasteiger partial charge in [0.15, 0.2) is 11.5 Å². The third-order valence-electron chi connectivity index (χ3n) is 5.38. The van der Waals surface area contributed by atoms with Gasteiger partial charge in [-0.25, -0.2) is 0 Å². The van der Waals surface area contributed by atoms with E-state index in [9.17, 15) is 9.59 Å². The summed E-state index contributed by atoms with van der Waals surface area (Å²) in [5.41, 5.74) is 0.880. The van der Waals surface area contributed by atoms with Crippen LogP contribution in [0.3, 0.4) is 0 Å². The minimum Gasteiger partial charge on any atom is -0.493 e. The zero-order valence-electron chi connectivity index (χ0n) is 17.8. The third-order valence-corrected chi connectivity index (χ3v) is 5.63. The van der Waals surface area contributed by atoms with Gasteiger partial charge in [-0.1, -0.05) is 17.7 Å². The maximum Gasteiger partial charge on any atom is 0.271 e. The summed E-state index contributed by atoms with van der Waals surface area (Å²) in [6.45, 7) is 2.20. The van der Waals surface area contributed by atoms with Crippen LogP contribution in [0.5, 0.6) is 11.5 Å². The molecule has 0 unspecified atom stereocenters. The van der Waals surface area contributed by atoms with E-state index in [1.165, 1.54) is 17.9 Å². The molecule has 166 valence electrons. The van der Waals surface area contributed by atoms with E-state index >= 15 is 0 Å². The summed E-state index contributed by atoms with van der Waals surface area (Å²) >= 11 is 5.95. The van der Waals surface area contributed by atoms with Crippen molar-refractivity contribution in [1.29, 1.82) is 0 Å². The molecule has 2 aromatic carbocycles. The highest BCUT2D eigenvalue weighted by molar-refractivity contribution is 6.30. The lowest BCUT2D eigenvalue weighted by Crippen LogP contribution is -2.49. The lowest BCUT2D eigenvalue weighted by molar-refractivity contribution is 0.0742. The van der Waals surface area contributed by atoms with Crippen LogP contribution >= 0.6 is 11.6 Å². The van der Waals surface area contributed by atoms with Crippen LogP contribution in [0.1, 0.15) is 10.4 Å². The van der Waals surface area contributed by atoms with E-state index in [4.69, 9.17) is 21.1 Å². The van der Waals surface area contributed by atoms with Gasteiger partial charge in [0.1, 0.15) is 5.82 Å². The summed E-state index contributed by atoms with van der Waals surface area (Å²) in [6, 6.07) is 15.4. The standard InChI is InChI=1S/C23H23ClN4O4/c1-31-19-5-3-4-18(22(19)32-2)23(30)27-14-12-26(13-15-27)20-10-11-21(29)28(25-20)17-8-6-16(24)7-9-17/h3-11H,12-15H2,1-2H3. The molecule has 9 heteroatoms. The van der Waals surface area contributed by atoms with Crippen molar-refractivity contribution in [3.05, 3.63) is 75.5 Å². The topological polar surface area (TPSA) is 76.9 Å². The van der Waals surface area contributed by atoms with E-state index in [-0.39, 0.29) is 11.5 Å². The van der Waals surface area contributed by atoms with E-state index in [0.717, 1.165) is 0 Å². The van der Waals surface area contributed by atoms with Gasteiger partial charge in [-0.2, -0.15) is 4.68 Å². The van der Waals surface area contributed by atoms with Crippen LogP contribution in [0.4, 0.5) is 5.82 Å². The molecule has 0 saturated carbocycles. The largest absolute Gasteiger partial charge is 0.493 e. The molecular weight excluding hydrogens is 432 g/mol. The number of carbonyl (C=O) groups excluding carboxylic acids is 1. The molecule has 1 aromatic heterocycles. The second-order valence-corrected chi connectivity index (χ2v) is 7.67. The Labute approximate surface area is 190 Å². The summed E-state index contributed by atoms with van der Waals surface area (Å²) in [4.78, 5) is 29.3. The lowest BCUT2D eigenvalue weighted by atomic mass is 10.1. The van der Waals surface area contributed by atoms with E-state index in [1.807, 2.05) is 0 Å². The number of hydrogen-bond donors (Lipinski definition) is 0. The molecule has 1 aliphatic rings. The van der Waals surface area contributed by atoms with Gasteiger partial charge < -0.3 is 19.3 Å². The minimum atomic E-state index is -0.227. The molecule has 3 aromatic rings. The highest BCUT2D eigenvalue weighted by atomic mass is 35.5. The fourth-order valence-electron chi connectivity index (χ4n) is 3.70. The van der Waals surface area contributed by atoms with Crippen molar-refractivity contribution in [1.82, 2.24) is 14.7 Å². The fraction of sp³-hybridized carbons (Fsp3) is 0.261. The average Bonchev–Trinajstić information content (AvgIpc) is 2.84. The predicted molar refractivity (Wildman–Crippen MR) is 123 cm³/mol. The Morgan fingerprint density at radius 1 is 0.938 bits per heavy atom. The molecule has 1 amide bonds. The van der Waals surface area contributed by atoms with Crippen LogP contribution < -0.4 is 19.9 Å². The third kappa shape index (κ3) is 4.27. The van der Waals surface area contributed by atoms with Crippen LogP contribution in [0.15, 0.2) is 59.4 Å². The number of nitrogens with zero attached hydrogens (tertiary/aromatic N) is 4. The Morgan fingerprint density at radius 2 is 1.66 bits per heavy atom. The van der Waals surface area contributed by atoms with Gasteiger partial charge in [0.05, 0.1) is 25.5 Å². The minimum absolute atomic E-state index is 0.112. The quantitative estimate of drug-likeness (QED) is 0.590. The Hall–Kier alpha value is -3.52. The molecule has 4 rings (SSSR count). The van der Waals surface area contributed by atoms with Crippen molar-refractivity contribution in [2.45, 2.75) is 0 Å². The highest BCUT2D eigenvalue weighted by Gasteiger charge is 2.26. The highest BCUT2D eigenvalue weighted by Crippen LogP contribution is 2.31. The number of anilines is 1. The maximum atomic E-state index is 13.1. The van der Waals surface area contributed by atoms with Crippen LogP contribution in [0.2, 0.25) is 5.02 Å². The van der Waals surface area contributed by atoms with E-state index in [1.54, 1.807) is 60.5 Å². The molecule has 32 heavy (non-hydrogen) atoms. The number of halogens is 1. The monoisotopic (exact) mass is 454 g/mol. The number of ether oxygens (including phenoxy) is 2. The Kier molecular flexibility index (Phi) is 6.32. The molecule has 8 nitrogen and oxygen atoms in total. The number of aromatic nitrogens is 2. The number of methoxy groups -OCH3 is 2. The van der Waals surface area contributed by atoms with Gasteiger partial charge in [0, 0.05) is 37.3 Å².